The minimum absolute atomic E-state index is 0.0173. The molecule has 25 heavy (non-hydrogen) atoms. The zero-order valence-corrected chi connectivity index (χ0v) is 14.7. The third-order valence-corrected chi connectivity index (χ3v) is 4.42. The van der Waals surface area contributed by atoms with Crippen LogP contribution in [0.15, 0.2) is 42.7 Å². The molecule has 3 rings (SSSR count). The molecule has 2 atom stereocenters. The average molecular weight is 361 g/mol. The number of hydrazine groups is 1. The number of benzene rings is 1. The second-order valence-corrected chi connectivity index (χ2v) is 6.22. The first-order chi connectivity index (χ1) is 12.2. The lowest BCUT2D eigenvalue weighted by atomic mass is 9.94. The van der Waals surface area contributed by atoms with Crippen molar-refractivity contribution in [3.8, 4) is 5.75 Å². The summed E-state index contributed by atoms with van der Waals surface area (Å²) in [5.74, 6) is 0.401. The molecule has 0 saturated carbocycles. The first kappa shape index (κ1) is 17.7. The number of aromatic nitrogens is 1. The molecule has 6 nitrogen and oxygen atoms in total. The molecule has 2 heterocycles. The van der Waals surface area contributed by atoms with E-state index in [0.29, 0.717) is 30.5 Å². The van der Waals surface area contributed by atoms with Crippen LogP contribution in [0.1, 0.15) is 24.1 Å². The van der Waals surface area contributed by atoms with Gasteiger partial charge in [0.1, 0.15) is 5.75 Å². The Bertz CT molecular complexity index is 726. The zero-order valence-electron chi connectivity index (χ0n) is 14.0. The van der Waals surface area contributed by atoms with Gasteiger partial charge in [-0.25, -0.2) is 5.43 Å². The lowest BCUT2D eigenvalue weighted by molar-refractivity contribution is -0.125. The highest BCUT2D eigenvalue weighted by Crippen LogP contribution is 2.32. The van der Waals surface area contributed by atoms with Gasteiger partial charge in [0.05, 0.1) is 23.6 Å². The van der Waals surface area contributed by atoms with Gasteiger partial charge in [0.15, 0.2) is 0 Å². The second kappa shape index (κ2) is 8.29. The van der Waals surface area contributed by atoms with Gasteiger partial charge in [-0.2, -0.15) is 0 Å². The predicted molar refractivity (Wildman–Crippen MR) is 96.1 cm³/mol. The van der Waals surface area contributed by atoms with E-state index >= 15 is 0 Å². The largest absolute Gasteiger partial charge is 0.492 e. The van der Waals surface area contributed by atoms with Crippen LogP contribution in [-0.2, 0) is 11.3 Å². The van der Waals surface area contributed by atoms with Gasteiger partial charge in [0.2, 0.25) is 5.91 Å². The second-order valence-electron chi connectivity index (χ2n) is 5.81. The number of carbonyl (C=O) groups excluding carboxylic acids is 1. The first-order valence-electron chi connectivity index (χ1n) is 8.26. The Morgan fingerprint density at radius 2 is 2.32 bits per heavy atom. The molecule has 7 heteroatoms. The summed E-state index contributed by atoms with van der Waals surface area (Å²) in [6, 6.07) is 9.25. The van der Waals surface area contributed by atoms with Crippen LogP contribution in [-0.4, -0.2) is 24.0 Å². The van der Waals surface area contributed by atoms with Crippen molar-refractivity contribution in [2.24, 2.45) is 5.92 Å². The molecule has 2 unspecified atom stereocenters. The van der Waals surface area contributed by atoms with E-state index in [1.165, 1.54) is 0 Å². The van der Waals surface area contributed by atoms with Crippen molar-refractivity contribution < 1.29 is 9.53 Å². The Labute approximate surface area is 151 Å². The molecule has 1 amide bonds. The monoisotopic (exact) mass is 360 g/mol. The van der Waals surface area contributed by atoms with Gasteiger partial charge in [-0.3, -0.25) is 15.2 Å². The first-order valence-corrected chi connectivity index (χ1v) is 8.64. The van der Waals surface area contributed by atoms with E-state index in [2.05, 4.69) is 21.2 Å². The molecule has 1 aromatic heterocycles. The highest BCUT2D eigenvalue weighted by atomic mass is 35.5. The number of nitrogens with zero attached hydrogens (tertiary/aromatic N) is 1. The maximum atomic E-state index is 12.6. The third-order valence-electron chi connectivity index (χ3n) is 4.12. The van der Waals surface area contributed by atoms with Gasteiger partial charge in [0, 0.05) is 25.5 Å². The Kier molecular flexibility index (Phi) is 5.86. The maximum Gasteiger partial charge on any atom is 0.226 e. The van der Waals surface area contributed by atoms with Crippen molar-refractivity contribution in [3.05, 3.63) is 58.9 Å². The summed E-state index contributed by atoms with van der Waals surface area (Å²) in [7, 11) is 0. The van der Waals surface area contributed by atoms with Crippen molar-refractivity contribution in [1.29, 1.82) is 0 Å². The van der Waals surface area contributed by atoms with E-state index < -0.39 is 0 Å². The number of rotatable bonds is 6. The number of nitrogens with one attached hydrogen (secondary N) is 3. The number of amides is 1. The van der Waals surface area contributed by atoms with Gasteiger partial charge in [-0.05, 0) is 36.2 Å². The molecule has 132 valence electrons. The number of hydrogen-bond donors (Lipinski definition) is 3. The van der Waals surface area contributed by atoms with Crippen LogP contribution in [0, 0.1) is 5.92 Å². The summed E-state index contributed by atoms with van der Waals surface area (Å²) in [4.78, 5) is 16.6. The Balaban J connectivity index is 1.67. The summed E-state index contributed by atoms with van der Waals surface area (Å²) >= 11 is 6.27. The molecule has 0 spiro atoms. The minimum Gasteiger partial charge on any atom is -0.492 e. The lowest BCUT2D eigenvalue weighted by Gasteiger charge is -2.19. The Hall–Kier alpha value is -2.15. The minimum atomic E-state index is -0.231. The van der Waals surface area contributed by atoms with Crippen LogP contribution in [0.5, 0.6) is 5.75 Å². The van der Waals surface area contributed by atoms with E-state index in [-0.39, 0.29) is 17.9 Å². The third kappa shape index (κ3) is 4.28. The normalized spacial score (nSPS) is 19.6. The Morgan fingerprint density at radius 1 is 1.44 bits per heavy atom. The van der Waals surface area contributed by atoms with Crippen molar-refractivity contribution >= 4 is 17.5 Å². The highest BCUT2D eigenvalue weighted by Gasteiger charge is 2.34. The smallest absolute Gasteiger partial charge is 0.226 e. The van der Waals surface area contributed by atoms with Crippen molar-refractivity contribution in [3.63, 3.8) is 0 Å². The lowest BCUT2D eigenvalue weighted by Crippen LogP contribution is -2.34. The van der Waals surface area contributed by atoms with Crippen molar-refractivity contribution in [2.75, 3.05) is 13.2 Å². The summed E-state index contributed by atoms with van der Waals surface area (Å²) in [6.45, 7) is 3.48. The fraction of sp³-hybridized carbons (Fsp3) is 0.333. The van der Waals surface area contributed by atoms with Crippen LogP contribution in [0.2, 0.25) is 5.02 Å². The van der Waals surface area contributed by atoms with E-state index in [4.69, 9.17) is 16.3 Å². The number of halogens is 1. The molecule has 3 N–H and O–H groups in total. The molecular formula is C18H21ClN4O2. The van der Waals surface area contributed by atoms with Gasteiger partial charge in [0.25, 0.3) is 0 Å². The van der Waals surface area contributed by atoms with E-state index in [0.717, 1.165) is 11.1 Å². The van der Waals surface area contributed by atoms with Crippen LogP contribution in [0.3, 0.4) is 0 Å². The fourth-order valence-corrected chi connectivity index (χ4v) is 3.11. The quantitative estimate of drug-likeness (QED) is 0.736. The van der Waals surface area contributed by atoms with Crippen LogP contribution in [0.25, 0.3) is 0 Å². The molecule has 1 fully saturated rings. The number of carbonyl (C=O) groups is 1. The molecule has 1 aliphatic heterocycles. The SMILES string of the molecule is CCOc1ccc(C2NNCC2C(=O)NCc2cccnc2)cc1Cl. The van der Waals surface area contributed by atoms with Crippen LogP contribution in [0.4, 0.5) is 0 Å². The number of pyridine rings is 1. The van der Waals surface area contributed by atoms with E-state index in [1.807, 2.05) is 37.3 Å². The van der Waals surface area contributed by atoms with Crippen molar-refractivity contribution in [1.82, 2.24) is 21.2 Å². The van der Waals surface area contributed by atoms with E-state index in [1.54, 1.807) is 12.4 Å². The summed E-state index contributed by atoms with van der Waals surface area (Å²) in [5.41, 5.74) is 8.13. The maximum absolute atomic E-state index is 12.6. The molecular weight excluding hydrogens is 340 g/mol. The van der Waals surface area contributed by atoms with Gasteiger partial charge in [-0.1, -0.05) is 23.7 Å². The summed E-state index contributed by atoms with van der Waals surface area (Å²) in [5, 5.41) is 3.51. The standard InChI is InChI=1S/C18H21ClN4O2/c1-2-25-16-6-5-13(8-15(16)19)17-14(11-22-23-17)18(24)21-10-12-4-3-7-20-9-12/h3-9,14,17,22-23H,2,10-11H2,1H3,(H,21,24). The summed E-state index contributed by atoms with van der Waals surface area (Å²) in [6.07, 6.45) is 3.46. The zero-order chi connectivity index (χ0) is 17.6. The molecule has 1 aliphatic rings. The molecule has 0 aliphatic carbocycles. The number of ether oxygens (including phenoxy) is 1. The van der Waals surface area contributed by atoms with Crippen molar-refractivity contribution in [2.45, 2.75) is 19.5 Å². The molecule has 1 aromatic carbocycles. The topological polar surface area (TPSA) is 75.3 Å². The molecule has 0 radical (unpaired) electrons. The predicted octanol–water partition coefficient (Wildman–Crippen LogP) is 2.22. The van der Waals surface area contributed by atoms with Crippen LogP contribution >= 0.6 is 11.6 Å². The molecule has 0 bridgehead atoms. The van der Waals surface area contributed by atoms with E-state index in [9.17, 15) is 4.79 Å². The van der Waals surface area contributed by atoms with Crippen LogP contribution < -0.4 is 20.9 Å². The van der Waals surface area contributed by atoms with Gasteiger partial charge >= 0.3 is 0 Å². The molecule has 1 saturated heterocycles. The Morgan fingerprint density at radius 3 is 3.04 bits per heavy atom. The van der Waals surface area contributed by atoms with Gasteiger partial charge in [-0.15, -0.1) is 0 Å². The highest BCUT2D eigenvalue weighted by molar-refractivity contribution is 6.32. The summed E-state index contributed by atoms with van der Waals surface area (Å²) < 4.78 is 5.46. The van der Waals surface area contributed by atoms with Gasteiger partial charge < -0.3 is 10.1 Å². The number of hydrogen-bond acceptors (Lipinski definition) is 5. The fourth-order valence-electron chi connectivity index (χ4n) is 2.86. The average Bonchev–Trinajstić information content (AvgIpc) is 3.12. The molecule has 2 aromatic rings.